The number of nitrogens with zero attached hydrogens (tertiary/aromatic N) is 2. The quantitative estimate of drug-likeness (QED) is 0.785. The maximum atomic E-state index is 4.71. The second kappa shape index (κ2) is 3.51. The second-order valence-electron chi connectivity index (χ2n) is 5.27. The van der Waals surface area contributed by atoms with Crippen LogP contribution in [0.3, 0.4) is 0 Å². The molecule has 1 atom stereocenters. The van der Waals surface area contributed by atoms with Gasteiger partial charge in [-0.15, -0.1) is 0 Å². The molecule has 3 nitrogen and oxygen atoms in total. The van der Waals surface area contributed by atoms with Crippen LogP contribution >= 0.6 is 15.9 Å². The van der Waals surface area contributed by atoms with E-state index in [1.165, 1.54) is 0 Å². The Balaban J connectivity index is 2.53. The fourth-order valence-corrected chi connectivity index (χ4v) is 2.89. The smallest absolute Gasteiger partial charge is 0.139 e. The fraction of sp³-hybridized carbons (Fsp3) is 0.727. The minimum Gasteiger partial charge on any atom is -0.369 e. The molecule has 84 valence electrons. The Kier molecular flexibility index (Phi) is 2.57. The van der Waals surface area contributed by atoms with Crippen LogP contribution in [0.4, 0.5) is 5.82 Å². The summed E-state index contributed by atoms with van der Waals surface area (Å²) in [6, 6.07) is 0.494. The minimum absolute atomic E-state index is 0.0879. The Bertz CT molecular complexity index is 376. The van der Waals surface area contributed by atoms with Crippen molar-refractivity contribution >= 4 is 21.7 Å². The lowest BCUT2D eigenvalue weighted by Gasteiger charge is -2.22. The highest BCUT2D eigenvalue weighted by Gasteiger charge is 2.28. The van der Waals surface area contributed by atoms with Crippen molar-refractivity contribution in [3.8, 4) is 0 Å². The van der Waals surface area contributed by atoms with Crippen LogP contribution in [0.15, 0.2) is 4.47 Å². The Labute approximate surface area is 99.4 Å². The number of halogens is 1. The second-order valence-corrected chi connectivity index (χ2v) is 6.06. The lowest BCUT2D eigenvalue weighted by atomic mass is 9.92. The van der Waals surface area contributed by atoms with Crippen LogP contribution in [0.5, 0.6) is 0 Å². The van der Waals surface area contributed by atoms with Gasteiger partial charge in [-0.25, -0.2) is 4.68 Å². The molecule has 0 fully saturated rings. The number of rotatable bonds is 0. The molecule has 0 amide bonds. The first-order chi connectivity index (χ1) is 6.91. The highest BCUT2D eigenvalue weighted by Crippen LogP contribution is 2.37. The van der Waals surface area contributed by atoms with E-state index in [9.17, 15) is 0 Å². The summed E-state index contributed by atoms with van der Waals surface area (Å²) in [4.78, 5) is 0. The number of fused-ring (bicyclic) bond motifs is 1. The van der Waals surface area contributed by atoms with Crippen molar-refractivity contribution in [3.05, 3.63) is 10.2 Å². The Morgan fingerprint density at radius 2 is 2.13 bits per heavy atom. The molecule has 1 aromatic heterocycles. The topological polar surface area (TPSA) is 29.9 Å². The third-order valence-corrected chi connectivity index (χ3v) is 3.59. The summed E-state index contributed by atoms with van der Waals surface area (Å²) in [5, 5.41) is 8.12. The van der Waals surface area contributed by atoms with Crippen LogP contribution in [-0.2, 0) is 5.41 Å². The van der Waals surface area contributed by atoms with Crippen molar-refractivity contribution in [1.82, 2.24) is 9.78 Å². The van der Waals surface area contributed by atoms with Crippen molar-refractivity contribution in [1.29, 1.82) is 0 Å². The third kappa shape index (κ3) is 1.80. The van der Waals surface area contributed by atoms with Crippen molar-refractivity contribution in [2.45, 2.75) is 45.6 Å². The summed E-state index contributed by atoms with van der Waals surface area (Å²) in [5.74, 6) is 1.14. The largest absolute Gasteiger partial charge is 0.369 e. The van der Waals surface area contributed by atoms with Gasteiger partial charge in [0.25, 0.3) is 0 Å². The van der Waals surface area contributed by atoms with Gasteiger partial charge < -0.3 is 5.32 Å². The van der Waals surface area contributed by atoms with Gasteiger partial charge in [-0.1, -0.05) is 20.8 Å². The predicted molar refractivity (Wildman–Crippen MR) is 66.4 cm³/mol. The molecule has 0 saturated heterocycles. The van der Waals surface area contributed by atoms with Crippen LogP contribution in [0.25, 0.3) is 0 Å². The molecule has 0 aromatic carbocycles. The van der Waals surface area contributed by atoms with Gasteiger partial charge in [-0.3, -0.25) is 0 Å². The van der Waals surface area contributed by atoms with Crippen LogP contribution in [-0.4, -0.2) is 16.3 Å². The monoisotopic (exact) mass is 271 g/mol. The summed E-state index contributed by atoms with van der Waals surface area (Å²) in [5.41, 5.74) is 1.23. The van der Waals surface area contributed by atoms with Gasteiger partial charge >= 0.3 is 0 Å². The van der Waals surface area contributed by atoms with E-state index in [2.05, 4.69) is 53.6 Å². The van der Waals surface area contributed by atoms with Gasteiger partial charge in [-0.2, -0.15) is 5.10 Å². The highest BCUT2D eigenvalue weighted by atomic mass is 79.9. The summed E-state index contributed by atoms with van der Waals surface area (Å²) >= 11 is 3.65. The number of aromatic nitrogens is 2. The maximum absolute atomic E-state index is 4.71. The number of hydrogen-bond acceptors (Lipinski definition) is 2. The molecular weight excluding hydrogens is 254 g/mol. The average Bonchev–Trinajstić information content (AvgIpc) is 2.45. The molecule has 0 saturated carbocycles. The molecule has 0 bridgehead atoms. The normalized spacial score (nSPS) is 21.0. The molecular formula is C11H18BrN3. The van der Waals surface area contributed by atoms with E-state index in [1.807, 2.05) is 0 Å². The molecule has 1 aromatic rings. The number of hydrogen-bond donors (Lipinski definition) is 1. The van der Waals surface area contributed by atoms with Crippen molar-refractivity contribution < 1.29 is 0 Å². The van der Waals surface area contributed by atoms with Crippen LogP contribution in [0.2, 0.25) is 0 Å². The zero-order valence-corrected chi connectivity index (χ0v) is 11.3. The third-order valence-electron chi connectivity index (χ3n) is 2.84. The number of anilines is 1. The van der Waals surface area contributed by atoms with Crippen molar-refractivity contribution in [2.24, 2.45) is 0 Å². The summed E-state index contributed by atoms with van der Waals surface area (Å²) in [6.07, 6.45) is 1.14. The van der Waals surface area contributed by atoms with Gasteiger partial charge in [0, 0.05) is 12.0 Å². The first-order valence-corrected chi connectivity index (χ1v) is 6.23. The zero-order chi connectivity index (χ0) is 11.2. The van der Waals surface area contributed by atoms with Gasteiger partial charge in [0.1, 0.15) is 5.82 Å². The van der Waals surface area contributed by atoms with E-state index in [-0.39, 0.29) is 5.41 Å². The minimum atomic E-state index is 0.0879. The average molecular weight is 272 g/mol. The number of nitrogens with one attached hydrogen (secondary N) is 1. The molecule has 1 aliphatic rings. The molecule has 2 rings (SSSR count). The molecule has 0 radical (unpaired) electrons. The Morgan fingerprint density at radius 1 is 1.47 bits per heavy atom. The molecule has 1 unspecified atom stereocenters. The van der Waals surface area contributed by atoms with Crippen LogP contribution in [0.1, 0.15) is 45.9 Å². The molecule has 2 heterocycles. The Hall–Kier alpha value is -0.510. The molecule has 4 heteroatoms. The Morgan fingerprint density at radius 3 is 2.67 bits per heavy atom. The summed E-state index contributed by atoms with van der Waals surface area (Å²) in [6.45, 7) is 9.83. The van der Waals surface area contributed by atoms with Crippen LogP contribution in [0, 0.1) is 0 Å². The van der Waals surface area contributed by atoms with Gasteiger partial charge in [0.2, 0.25) is 0 Å². The van der Waals surface area contributed by atoms with Gasteiger partial charge in [0.05, 0.1) is 16.2 Å². The van der Waals surface area contributed by atoms with E-state index in [0.29, 0.717) is 6.04 Å². The lowest BCUT2D eigenvalue weighted by Crippen LogP contribution is -2.21. The first kappa shape index (κ1) is 11.0. The molecule has 0 aliphatic carbocycles. The maximum Gasteiger partial charge on any atom is 0.139 e. The summed E-state index contributed by atoms with van der Waals surface area (Å²) in [7, 11) is 0. The van der Waals surface area contributed by atoms with E-state index in [4.69, 9.17) is 5.10 Å². The first-order valence-electron chi connectivity index (χ1n) is 5.43. The summed E-state index contributed by atoms with van der Waals surface area (Å²) < 4.78 is 3.23. The van der Waals surface area contributed by atoms with E-state index >= 15 is 0 Å². The lowest BCUT2D eigenvalue weighted by molar-refractivity contribution is 0.438. The SMILES string of the molecule is CC1CCNc2c(Br)c(C(C)(C)C)nn21. The van der Waals surface area contributed by atoms with E-state index in [1.54, 1.807) is 0 Å². The van der Waals surface area contributed by atoms with Gasteiger partial charge in [-0.05, 0) is 29.3 Å². The standard InChI is InChI=1S/C11H18BrN3/c1-7-5-6-13-10-8(12)9(11(2,3)4)14-15(7)10/h7,13H,5-6H2,1-4H3. The van der Waals surface area contributed by atoms with E-state index in [0.717, 1.165) is 29.0 Å². The molecule has 0 spiro atoms. The van der Waals surface area contributed by atoms with Crippen LogP contribution < -0.4 is 5.32 Å². The molecule has 1 N–H and O–H groups in total. The van der Waals surface area contributed by atoms with Crippen molar-refractivity contribution in [3.63, 3.8) is 0 Å². The van der Waals surface area contributed by atoms with Gasteiger partial charge in [0.15, 0.2) is 0 Å². The fourth-order valence-electron chi connectivity index (χ4n) is 1.89. The predicted octanol–water partition coefficient (Wildman–Crippen LogP) is 3.32. The zero-order valence-electron chi connectivity index (χ0n) is 9.76. The van der Waals surface area contributed by atoms with Crippen molar-refractivity contribution in [2.75, 3.05) is 11.9 Å². The highest BCUT2D eigenvalue weighted by molar-refractivity contribution is 9.10. The van der Waals surface area contributed by atoms with E-state index < -0.39 is 0 Å². The molecule has 15 heavy (non-hydrogen) atoms. The molecule has 1 aliphatic heterocycles.